The summed E-state index contributed by atoms with van der Waals surface area (Å²) in [5.74, 6) is 0.946. The average molecular weight is 408 g/mol. The molecule has 0 radical (unpaired) electrons. The molecule has 2 aromatic rings. The standard InChI is InChI=1S/C15H16O.C11H14ClN/c1-13-7-9-15(10-8-13)16-12-11-14-5-3-2-4-6-14;1-3-13-9(2)10-6-4-5-7-11(12)8-10/h2-10H,11-12H2,1H3;5-8,13H,2-4H2,1H3. The quantitative estimate of drug-likeness (QED) is 0.549. The fourth-order valence-electron chi connectivity index (χ4n) is 2.72. The lowest BCUT2D eigenvalue weighted by Crippen LogP contribution is -2.12. The zero-order valence-electron chi connectivity index (χ0n) is 17.3. The van der Waals surface area contributed by atoms with Gasteiger partial charge in [-0.15, -0.1) is 0 Å². The maximum atomic E-state index is 5.92. The van der Waals surface area contributed by atoms with Crippen LogP contribution in [0.25, 0.3) is 0 Å². The molecule has 1 N–H and O–H groups in total. The van der Waals surface area contributed by atoms with E-state index in [4.69, 9.17) is 16.3 Å². The number of likely N-dealkylation sites (N-methyl/N-ethyl adjacent to an activating group) is 1. The van der Waals surface area contributed by atoms with Gasteiger partial charge in [0.1, 0.15) is 5.75 Å². The number of hydrogen-bond acceptors (Lipinski definition) is 2. The summed E-state index contributed by atoms with van der Waals surface area (Å²) in [7, 11) is 0. The van der Waals surface area contributed by atoms with Crippen molar-refractivity contribution >= 4 is 11.6 Å². The van der Waals surface area contributed by atoms with Crippen molar-refractivity contribution in [1.29, 1.82) is 0 Å². The minimum atomic E-state index is 0.729. The fourth-order valence-corrected chi connectivity index (χ4v) is 2.93. The van der Waals surface area contributed by atoms with Crippen LogP contribution >= 0.6 is 11.6 Å². The van der Waals surface area contributed by atoms with Crippen molar-refractivity contribution in [3.05, 3.63) is 113 Å². The van der Waals surface area contributed by atoms with Gasteiger partial charge >= 0.3 is 0 Å². The first-order valence-corrected chi connectivity index (χ1v) is 10.4. The molecular weight excluding hydrogens is 378 g/mol. The molecule has 152 valence electrons. The van der Waals surface area contributed by atoms with E-state index in [1.165, 1.54) is 11.1 Å². The van der Waals surface area contributed by atoms with E-state index < -0.39 is 0 Å². The van der Waals surface area contributed by atoms with Gasteiger partial charge < -0.3 is 10.1 Å². The van der Waals surface area contributed by atoms with Gasteiger partial charge in [-0.2, -0.15) is 0 Å². The summed E-state index contributed by atoms with van der Waals surface area (Å²) in [6.07, 6.45) is 9.84. The van der Waals surface area contributed by atoms with Crippen LogP contribution in [0.2, 0.25) is 0 Å². The zero-order valence-corrected chi connectivity index (χ0v) is 18.1. The molecule has 0 saturated heterocycles. The number of rotatable bonds is 7. The summed E-state index contributed by atoms with van der Waals surface area (Å²) in [6.45, 7) is 9.67. The van der Waals surface area contributed by atoms with Crippen molar-refractivity contribution in [1.82, 2.24) is 5.32 Å². The Morgan fingerprint density at radius 3 is 2.52 bits per heavy atom. The third-order valence-corrected chi connectivity index (χ3v) is 4.54. The molecule has 0 atom stereocenters. The van der Waals surface area contributed by atoms with Crippen molar-refractivity contribution in [3.8, 4) is 5.75 Å². The Morgan fingerprint density at radius 1 is 1.10 bits per heavy atom. The van der Waals surface area contributed by atoms with E-state index >= 15 is 0 Å². The summed E-state index contributed by atoms with van der Waals surface area (Å²) in [4.78, 5) is 0. The van der Waals surface area contributed by atoms with Gasteiger partial charge in [-0.1, -0.05) is 78.4 Å². The molecule has 3 rings (SSSR count). The predicted molar refractivity (Wildman–Crippen MR) is 125 cm³/mol. The fraction of sp³-hybridized carbons (Fsp3) is 0.231. The highest BCUT2D eigenvalue weighted by molar-refractivity contribution is 6.31. The second-order valence-corrected chi connectivity index (χ2v) is 7.17. The lowest BCUT2D eigenvalue weighted by atomic mass is 10.1. The molecule has 0 amide bonds. The van der Waals surface area contributed by atoms with Crippen molar-refractivity contribution in [2.24, 2.45) is 0 Å². The zero-order chi connectivity index (χ0) is 20.9. The number of halogens is 1. The SMILES string of the molecule is C=C(NCC)C1=CCC=CC(Cl)=C1.Cc1ccc(OCCc2ccccc2)cc1. The van der Waals surface area contributed by atoms with Crippen molar-refractivity contribution in [2.75, 3.05) is 13.2 Å². The lowest BCUT2D eigenvalue weighted by Gasteiger charge is -2.07. The number of hydrogen-bond donors (Lipinski definition) is 1. The molecule has 0 aliphatic heterocycles. The van der Waals surface area contributed by atoms with E-state index in [0.717, 1.165) is 48.0 Å². The number of ether oxygens (including phenoxy) is 1. The van der Waals surface area contributed by atoms with Crippen LogP contribution < -0.4 is 10.1 Å². The predicted octanol–water partition coefficient (Wildman–Crippen LogP) is 6.74. The van der Waals surface area contributed by atoms with Crippen LogP contribution in [0.5, 0.6) is 5.75 Å². The first-order chi connectivity index (χ1) is 14.1. The van der Waals surface area contributed by atoms with Gasteiger partial charge in [0.2, 0.25) is 0 Å². The Kier molecular flexibility index (Phi) is 9.88. The largest absolute Gasteiger partial charge is 0.493 e. The van der Waals surface area contributed by atoms with Crippen LogP contribution in [0.15, 0.2) is 102 Å². The number of nitrogens with one attached hydrogen (secondary N) is 1. The van der Waals surface area contributed by atoms with Crippen LogP contribution in [-0.4, -0.2) is 13.2 Å². The normalized spacial score (nSPS) is 12.7. The van der Waals surface area contributed by atoms with Gasteiger partial charge in [-0.3, -0.25) is 0 Å². The summed E-state index contributed by atoms with van der Waals surface area (Å²) >= 11 is 5.92. The Balaban J connectivity index is 0.000000212. The summed E-state index contributed by atoms with van der Waals surface area (Å²) in [5.41, 5.74) is 4.59. The summed E-state index contributed by atoms with van der Waals surface area (Å²) in [5, 5.41) is 3.92. The Labute approximate surface area is 180 Å². The molecule has 29 heavy (non-hydrogen) atoms. The minimum absolute atomic E-state index is 0.729. The van der Waals surface area contributed by atoms with Crippen LogP contribution in [-0.2, 0) is 6.42 Å². The van der Waals surface area contributed by atoms with E-state index in [1.54, 1.807) is 0 Å². The summed E-state index contributed by atoms with van der Waals surface area (Å²) in [6, 6.07) is 18.6. The molecule has 2 aromatic carbocycles. The second kappa shape index (κ2) is 12.7. The molecule has 1 aliphatic rings. The molecule has 2 nitrogen and oxygen atoms in total. The first-order valence-electron chi connectivity index (χ1n) is 9.99. The van der Waals surface area contributed by atoms with Crippen LogP contribution in [0, 0.1) is 6.92 Å². The van der Waals surface area contributed by atoms with E-state index in [2.05, 4.69) is 61.3 Å². The second-order valence-electron chi connectivity index (χ2n) is 6.73. The van der Waals surface area contributed by atoms with Gasteiger partial charge in [0.05, 0.1) is 6.61 Å². The van der Waals surface area contributed by atoms with Gasteiger partial charge in [-0.25, -0.2) is 0 Å². The average Bonchev–Trinajstić information content (AvgIpc) is 2.95. The van der Waals surface area contributed by atoms with Crippen molar-refractivity contribution in [2.45, 2.75) is 26.7 Å². The highest BCUT2D eigenvalue weighted by atomic mass is 35.5. The molecule has 0 fully saturated rings. The van der Waals surface area contributed by atoms with Crippen LogP contribution in [0.3, 0.4) is 0 Å². The van der Waals surface area contributed by atoms with E-state index in [9.17, 15) is 0 Å². The number of aryl methyl sites for hydroxylation is 1. The van der Waals surface area contributed by atoms with Crippen molar-refractivity contribution < 1.29 is 4.74 Å². The highest BCUT2D eigenvalue weighted by Gasteiger charge is 2.01. The molecule has 0 spiro atoms. The Bertz CT molecular complexity index is 848. The summed E-state index contributed by atoms with van der Waals surface area (Å²) < 4.78 is 5.66. The smallest absolute Gasteiger partial charge is 0.119 e. The third-order valence-electron chi connectivity index (χ3n) is 4.31. The monoisotopic (exact) mass is 407 g/mol. The molecule has 1 aliphatic carbocycles. The molecule has 0 unspecified atom stereocenters. The van der Waals surface area contributed by atoms with Crippen LogP contribution in [0.4, 0.5) is 0 Å². The van der Waals surface area contributed by atoms with Gasteiger partial charge in [-0.05, 0) is 55.7 Å². The molecule has 0 bridgehead atoms. The molecular formula is C26H30ClNO. The lowest BCUT2D eigenvalue weighted by molar-refractivity contribution is 0.322. The molecule has 0 aromatic heterocycles. The topological polar surface area (TPSA) is 21.3 Å². The highest BCUT2D eigenvalue weighted by Crippen LogP contribution is 2.17. The van der Waals surface area contributed by atoms with Crippen LogP contribution in [0.1, 0.15) is 24.5 Å². The van der Waals surface area contributed by atoms with Gasteiger partial charge in [0.25, 0.3) is 0 Å². The Morgan fingerprint density at radius 2 is 1.83 bits per heavy atom. The van der Waals surface area contributed by atoms with E-state index in [0.29, 0.717) is 0 Å². The molecule has 0 saturated carbocycles. The van der Waals surface area contributed by atoms with Crippen molar-refractivity contribution in [3.63, 3.8) is 0 Å². The number of benzene rings is 2. The van der Waals surface area contributed by atoms with Gasteiger partial charge in [0, 0.05) is 23.7 Å². The van der Waals surface area contributed by atoms with E-state index in [-0.39, 0.29) is 0 Å². The third kappa shape index (κ3) is 8.89. The maximum Gasteiger partial charge on any atom is 0.119 e. The maximum absolute atomic E-state index is 5.92. The first kappa shape index (κ1) is 22.6. The molecule has 0 heterocycles. The van der Waals surface area contributed by atoms with E-state index in [1.807, 2.05) is 43.4 Å². The number of allylic oxidation sites excluding steroid dienone is 5. The van der Waals surface area contributed by atoms with Gasteiger partial charge in [0.15, 0.2) is 0 Å². The molecule has 3 heteroatoms. The minimum Gasteiger partial charge on any atom is -0.493 e. The Hall–Kier alpha value is -2.71.